The lowest BCUT2D eigenvalue weighted by molar-refractivity contribution is 0.112. The van der Waals surface area contributed by atoms with Crippen molar-refractivity contribution >= 4 is 12.1 Å². The molecule has 1 fully saturated rings. The highest BCUT2D eigenvalue weighted by Crippen LogP contribution is 2.27. The van der Waals surface area contributed by atoms with Crippen molar-refractivity contribution in [3.8, 4) is 0 Å². The maximum atomic E-state index is 10.5. The first-order valence-electron chi connectivity index (χ1n) is 4.78. The Bertz CT molecular complexity index is 330. The van der Waals surface area contributed by atoms with Crippen LogP contribution in [0.5, 0.6) is 0 Å². The Morgan fingerprint density at radius 2 is 2.50 bits per heavy atom. The van der Waals surface area contributed by atoms with E-state index in [0.29, 0.717) is 18.1 Å². The molecule has 1 heterocycles. The van der Waals surface area contributed by atoms with Gasteiger partial charge < -0.3 is 5.73 Å². The van der Waals surface area contributed by atoms with Crippen LogP contribution in [0.1, 0.15) is 23.2 Å². The number of nitrogens with two attached hydrogens (primary N) is 1. The first kappa shape index (κ1) is 9.21. The Morgan fingerprint density at radius 3 is 3.07 bits per heavy atom. The summed E-state index contributed by atoms with van der Waals surface area (Å²) in [5, 5.41) is 7.25. The van der Waals surface area contributed by atoms with Crippen LogP contribution in [0.25, 0.3) is 0 Å². The molecule has 76 valence electrons. The average molecular weight is 194 g/mol. The molecule has 5 nitrogen and oxygen atoms in total. The van der Waals surface area contributed by atoms with E-state index in [4.69, 9.17) is 5.73 Å². The molecule has 2 rings (SSSR count). The largest absolute Gasteiger partial charge is 0.383 e. The van der Waals surface area contributed by atoms with Gasteiger partial charge in [0.15, 0.2) is 6.29 Å². The number of aldehydes is 1. The van der Waals surface area contributed by atoms with Crippen molar-refractivity contribution in [2.24, 2.45) is 5.92 Å². The van der Waals surface area contributed by atoms with Gasteiger partial charge in [0.1, 0.15) is 5.82 Å². The minimum Gasteiger partial charge on any atom is -0.383 e. The van der Waals surface area contributed by atoms with Gasteiger partial charge in [0.05, 0.1) is 18.4 Å². The summed E-state index contributed by atoms with van der Waals surface area (Å²) >= 11 is 0. The minimum atomic E-state index is 0.434. The third-order valence-electron chi connectivity index (χ3n) is 2.43. The van der Waals surface area contributed by atoms with Gasteiger partial charge in [-0.1, -0.05) is 0 Å². The van der Waals surface area contributed by atoms with Crippen LogP contribution >= 0.6 is 0 Å². The number of nitrogens with zero attached hydrogens (tertiary/aromatic N) is 2. The van der Waals surface area contributed by atoms with E-state index in [0.717, 1.165) is 18.7 Å². The quantitative estimate of drug-likeness (QED) is 0.658. The zero-order chi connectivity index (χ0) is 9.97. The molecular formula is C9H14N4O. The molecule has 1 aliphatic carbocycles. The van der Waals surface area contributed by atoms with Crippen molar-refractivity contribution in [3.05, 3.63) is 11.8 Å². The van der Waals surface area contributed by atoms with E-state index in [1.807, 2.05) is 0 Å². The molecule has 1 aromatic heterocycles. The van der Waals surface area contributed by atoms with Gasteiger partial charge in [-0.3, -0.25) is 10.1 Å². The maximum Gasteiger partial charge on any atom is 0.155 e. The normalized spacial score (nSPS) is 15.7. The van der Waals surface area contributed by atoms with E-state index < -0.39 is 0 Å². The summed E-state index contributed by atoms with van der Waals surface area (Å²) in [6.07, 6.45) is 4.85. The number of hydrogen-bond acceptors (Lipinski definition) is 4. The molecule has 1 aromatic rings. The third kappa shape index (κ3) is 1.93. The van der Waals surface area contributed by atoms with Gasteiger partial charge >= 0.3 is 0 Å². The molecule has 1 saturated carbocycles. The van der Waals surface area contributed by atoms with Gasteiger partial charge in [-0.15, -0.1) is 0 Å². The highest BCUT2D eigenvalue weighted by molar-refractivity contribution is 5.81. The second kappa shape index (κ2) is 3.79. The topological polar surface area (TPSA) is 72.9 Å². The Hall–Kier alpha value is -1.36. The summed E-state index contributed by atoms with van der Waals surface area (Å²) in [5.41, 5.74) is 6.13. The standard InChI is InChI=1S/C9H14N4O/c10-9-8(5-14)4-12-13(9)6-11-3-7-1-2-7/h4-5,7,11H,1-3,6,10H2. The lowest BCUT2D eigenvalue weighted by atomic mass is 10.4. The van der Waals surface area contributed by atoms with Gasteiger partial charge in [0, 0.05) is 0 Å². The number of carbonyl (C=O) groups is 1. The first-order chi connectivity index (χ1) is 6.81. The molecule has 3 N–H and O–H groups in total. The number of hydrogen-bond donors (Lipinski definition) is 2. The van der Waals surface area contributed by atoms with Crippen molar-refractivity contribution in [2.75, 3.05) is 12.3 Å². The van der Waals surface area contributed by atoms with E-state index >= 15 is 0 Å². The van der Waals surface area contributed by atoms with Gasteiger partial charge in [-0.25, -0.2) is 4.68 Å². The SMILES string of the molecule is Nc1c(C=O)cnn1CNCC1CC1. The monoisotopic (exact) mass is 194 g/mol. The van der Waals surface area contributed by atoms with E-state index in [1.54, 1.807) is 4.68 Å². The van der Waals surface area contributed by atoms with Crippen LogP contribution in [0.3, 0.4) is 0 Å². The summed E-state index contributed by atoms with van der Waals surface area (Å²) in [6.45, 7) is 1.59. The molecule has 0 saturated heterocycles. The van der Waals surface area contributed by atoms with Crippen LogP contribution in [0.2, 0.25) is 0 Å². The minimum absolute atomic E-state index is 0.434. The molecule has 0 spiro atoms. The molecule has 0 amide bonds. The second-order valence-corrected chi connectivity index (χ2v) is 3.66. The zero-order valence-electron chi connectivity index (χ0n) is 7.94. The van der Waals surface area contributed by atoms with Crippen molar-refractivity contribution in [3.63, 3.8) is 0 Å². The predicted molar refractivity (Wildman–Crippen MR) is 52.8 cm³/mol. The second-order valence-electron chi connectivity index (χ2n) is 3.66. The molecule has 0 radical (unpaired) electrons. The summed E-state index contributed by atoms with van der Waals surface area (Å²) in [4.78, 5) is 10.5. The molecular weight excluding hydrogens is 180 g/mol. The van der Waals surface area contributed by atoms with Crippen LogP contribution in [0.4, 0.5) is 5.82 Å². The maximum absolute atomic E-state index is 10.5. The highest BCUT2D eigenvalue weighted by Gasteiger charge is 2.20. The number of rotatable bonds is 5. The van der Waals surface area contributed by atoms with E-state index in [-0.39, 0.29) is 0 Å². The lowest BCUT2D eigenvalue weighted by Gasteiger charge is -2.05. The van der Waals surface area contributed by atoms with Gasteiger partial charge in [0.25, 0.3) is 0 Å². The van der Waals surface area contributed by atoms with Crippen LogP contribution < -0.4 is 11.1 Å². The fourth-order valence-electron chi connectivity index (χ4n) is 1.32. The summed E-state index contributed by atoms with van der Waals surface area (Å²) in [7, 11) is 0. The molecule has 14 heavy (non-hydrogen) atoms. The van der Waals surface area contributed by atoms with Crippen LogP contribution in [0, 0.1) is 5.92 Å². The Labute approximate surface area is 82.3 Å². The highest BCUT2D eigenvalue weighted by atomic mass is 16.1. The molecule has 1 aliphatic rings. The van der Waals surface area contributed by atoms with E-state index in [9.17, 15) is 4.79 Å². The molecule has 0 aliphatic heterocycles. The number of anilines is 1. The van der Waals surface area contributed by atoms with Crippen LogP contribution in [-0.2, 0) is 6.67 Å². The molecule has 5 heteroatoms. The summed E-state index contributed by atoms with van der Waals surface area (Å²) < 4.78 is 1.60. The number of carbonyl (C=O) groups excluding carboxylic acids is 1. The van der Waals surface area contributed by atoms with Gasteiger partial charge in [0.2, 0.25) is 0 Å². The summed E-state index contributed by atoms with van der Waals surface area (Å²) in [5.74, 6) is 1.26. The number of aromatic nitrogens is 2. The molecule has 0 bridgehead atoms. The van der Waals surface area contributed by atoms with Crippen LogP contribution in [-0.4, -0.2) is 22.6 Å². The third-order valence-corrected chi connectivity index (χ3v) is 2.43. The van der Waals surface area contributed by atoms with E-state index in [2.05, 4.69) is 10.4 Å². The average Bonchev–Trinajstić information content (AvgIpc) is 2.93. The number of nitrogens with one attached hydrogen (secondary N) is 1. The Morgan fingerprint density at radius 1 is 1.71 bits per heavy atom. The van der Waals surface area contributed by atoms with Gasteiger partial charge in [-0.2, -0.15) is 5.10 Å². The zero-order valence-corrected chi connectivity index (χ0v) is 7.94. The van der Waals surface area contributed by atoms with Crippen molar-refractivity contribution in [2.45, 2.75) is 19.5 Å². The van der Waals surface area contributed by atoms with Gasteiger partial charge in [-0.05, 0) is 25.3 Å². The molecule has 0 unspecified atom stereocenters. The smallest absolute Gasteiger partial charge is 0.155 e. The first-order valence-corrected chi connectivity index (χ1v) is 4.78. The van der Waals surface area contributed by atoms with E-state index in [1.165, 1.54) is 19.0 Å². The number of nitrogen functional groups attached to an aromatic ring is 1. The van der Waals surface area contributed by atoms with Crippen molar-refractivity contribution < 1.29 is 4.79 Å². The summed E-state index contributed by atoms with van der Waals surface area (Å²) in [6, 6.07) is 0. The molecule has 0 atom stereocenters. The van der Waals surface area contributed by atoms with Crippen molar-refractivity contribution in [1.82, 2.24) is 15.1 Å². The van der Waals surface area contributed by atoms with Crippen molar-refractivity contribution in [1.29, 1.82) is 0 Å². The fourth-order valence-corrected chi connectivity index (χ4v) is 1.32. The lowest BCUT2D eigenvalue weighted by Crippen LogP contribution is -2.22. The van der Waals surface area contributed by atoms with Crippen LogP contribution in [0.15, 0.2) is 6.20 Å². The molecule has 0 aromatic carbocycles. The predicted octanol–water partition coefficient (Wildman–Crippen LogP) is 0.235. The Kier molecular flexibility index (Phi) is 2.49. The fraction of sp³-hybridized carbons (Fsp3) is 0.556. The Balaban J connectivity index is 1.87.